The second-order valence-electron chi connectivity index (χ2n) is 3.19. The van der Waals surface area contributed by atoms with Gasteiger partial charge in [0, 0.05) is 11.5 Å². The summed E-state index contributed by atoms with van der Waals surface area (Å²) in [5.74, 6) is 4.56. The summed E-state index contributed by atoms with van der Waals surface area (Å²) in [5.41, 5.74) is -0.0666. The van der Waals surface area contributed by atoms with Gasteiger partial charge in [0.1, 0.15) is 0 Å². The van der Waals surface area contributed by atoms with Crippen molar-refractivity contribution in [1.82, 2.24) is 0 Å². The van der Waals surface area contributed by atoms with Crippen molar-refractivity contribution in [3.05, 3.63) is 12.2 Å². The zero-order chi connectivity index (χ0) is 8.91. The highest BCUT2D eigenvalue weighted by atomic mass is 16.4. The zero-order valence-corrected chi connectivity index (χ0v) is 7.01. The Morgan fingerprint density at radius 1 is 1.45 bits per heavy atom. The molecular formula is C9H12O2. The van der Waals surface area contributed by atoms with Gasteiger partial charge in [0.25, 0.3) is 0 Å². The molecule has 60 valence electrons. The zero-order valence-electron chi connectivity index (χ0n) is 7.01. The largest absolute Gasteiger partial charge is 0.478 e. The quantitative estimate of drug-likeness (QED) is 0.458. The van der Waals surface area contributed by atoms with E-state index in [1.54, 1.807) is 0 Å². The molecule has 0 saturated heterocycles. The predicted molar refractivity (Wildman–Crippen MR) is 44.0 cm³/mol. The molecule has 0 amide bonds. The highest BCUT2D eigenvalue weighted by molar-refractivity contribution is 5.80. The lowest BCUT2D eigenvalue weighted by molar-refractivity contribution is -0.131. The van der Waals surface area contributed by atoms with Gasteiger partial charge in [0.2, 0.25) is 0 Å². The summed E-state index contributed by atoms with van der Waals surface area (Å²) in [5, 5.41) is 8.19. The van der Waals surface area contributed by atoms with Crippen LogP contribution >= 0.6 is 0 Å². The summed E-state index contributed by atoms with van der Waals surface area (Å²) in [6, 6.07) is 0. The minimum Gasteiger partial charge on any atom is -0.478 e. The first kappa shape index (κ1) is 9.77. The van der Waals surface area contributed by atoms with Gasteiger partial charge in [-0.15, -0.1) is 0 Å². The third-order valence-corrected chi connectivity index (χ3v) is 0.756. The number of aliphatic carboxylic acids is 1. The van der Waals surface area contributed by atoms with Crippen LogP contribution in [-0.4, -0.2) is 11.1 Å². The van der Waals surface area contributed by atoms with Crippen LogP contribution in [0, 0.1) is 17.3 Å². The molecule has 0 unspecified atom stereocenters. The third-order valence-electron chi connectivity index (χ3n) is 0.756. The van der Waals surface area contributed by atoms with Crippen LogP contribution in [0.2, 0.25) is 0 Å². The minimum atomic E-state index is -0.965. The molecule has 0 bridgehead atoms. The maximum Gasteiger partial charge on any atom is 0.328 e. The monoisotopic (exact) mass is 152 g/mol. The molecule has 0 aliphatic rings. The maximum absolute atomic E-state index is 9.97. The van der Waals surface area contributed by atoms with E-state index in [1.165, 1.54) is 6.08 Å². The van der Waals surface area contributed by atoms with Gasteiger partial charge >= 0.3 is 5.97 Å². The summed E-state index contributed by atoms with van der Waals surface area (Å²) in [6.45, 7) is 5.90. The van der Waals surface area contributed by atoms with Crippen molar-refractivity contribution in [1.29, 1.82) is 0 Å². The summed E-state index contributed by atoms with van der Waals surface area (Å²) in [6.07, 6.45) is 2.37. The van der Waals surface area contributed by atoms with Gasteiger partial charge in [0.15, 0.2) is 0 Å². The number of carbonyl (C=O) groups is 1. The van der Waals surface area contributed by atoms with Crippen molar-refractivity contribution >= 4 is 5.97 Å². The molecule has 0 aromatic carbocycles. The van der Waals surface area contributed by atoms with Crippen LogP contribution < -0.4 is 0 Å². The van der Waals surface area contributed by atoms with Gasteiger partial charge in [-0.1, -0.05) is 11.8 Å². The Labute approximate surface area is 66.9 Å². The number of allylic oxidation sites excluding steroid dienone is 1. The molecule has 0 aromatic heterocycles. The van der Waals surface area contributed by atoms with E-state index >= 15 is 0 Å². The Kier molecular flexibility index (Phi) is 3.39. The Morgan fingerprint density at radius 2 is 2.00 bits per heavy atom. The van der Waals surface area contributed by atoms with E-state index < -0.39 is 5.97 Å². The standard InChI is InChI=1S/C9H12O2/c1-9(2,3)7-5-4-6-8(10)11/h4,6H,1-3H3,(H,10,11). The molecule has 0 spiro atoms. The van der Waals surface area contributed by atoms with Crippen molar-refractivity contribution < 1.29 is 9.90 Å². The molecule has 0 atom stereocenters. The molecule has 11 heavy (non-hydrogen) atoms. The van der Waals surface area contributed by atoms with Gasteiger partial charge in [-0.05, 0) is 26.8 Å². The fourth-order valence-corrected chi connectivity index (χ4v) is 0.371. The molecule has 0 rings (SSSR count). The summed E-state index contributed by atoms with van der Waals surface area (Å²) in [7, 11) is 0. The van der Waals surface area contributed by atoms with Crippen LogP contribution in [0.15, 0.2) is 12.2 Å². The van der Waals surface area contributed by atoms with Crippen LogP contribution in [0.4, 0.5) is 0 Å². The molecule has 0 radical (unpaired) electrons. The number of hydrogen-bond acceptors (Lipinski definition) is 1. The number of carboxylic acids is 1. The molecule has 2 nitrogen and oxygen atoms in total. The van der Waals surface area contributed by atoms with Crippen LogP contribution in [0.3, 0.4) is 0 Å². The smallest absolute Gasteiger partial charge is 0.328 e. The third kappa shape index (κ3) is 8.77. The average Bonchev–Trinajstić information content (AvgIpc) is 1.78. The van der Waals surface area contributed by atoms with Crippen molar-refractivity contribution in [2.24, 2.45) is 5.41 Å². The Hall–Kier alpha value is -1.23. The molecular weight excluding hydrogens is 140 g/mol. The van der Waals surface area contributed by atoms with E-state index in [2.05, 4.69) is 11.8 Å². The first-order valence-electron chi connectivity index (χ1n) is 3.34. The lowest BCUT2D eigenvalue weighted by atomic mass is 9.98. The van der Waals surface area contributed by atoms with Gasteiger partial charge in [-0.25, -0.2) is 4.79 Å². The molecule has 1 N–H and O–H groups in total. The van der Waals surface area contributed by atoms with Crippen molar-refractivity contribution in [2.45, 2.75) is 20.8 Å². The molecule has 0 saturated carbocycles. The topological polar surface area (TPSA) is 37.3 Å². The fourth-order valence-electron chi connectivity index (χ4n) is 0.371. The second kappa shape index (κ2) is 3.82. The lowest BCUT2D eigenvalue weighted by Crippen LogP contribution is -1.98. The molecule has 0 aromatic rings. The van der Waals surface area contributed by atoms with E-state index in [4.69, 9.17) is 5.11 Å². The van der Waals surface area contributed by atoms with Gasteiger partial charge in [-0.3, -0.25) is 0 Å². The molecule has 0 heterocycles. The van der Waals surface area contributed by atoms with Gasteiger partial charge in [-0.2, -0.15) is 0 Å². The molecule has 0 aliphatic carbocycles. The van der Waals surface area contributed by atoms with E-state index in [1.807, 2.05) is 20.8 Å². The fraction of sp³-hybridized carbons (Fsp3) is 0.444. The highest BCUT2D eigenvalue weighted by Gasteiger charge is 2.02. The van der Waals surface area contributed by atoms with Crippen molar-refractivity contribution in [2.75, 3.05) is 0 Å². The normalized spacial score (nSPS) is 10.8. The van der Waals surface area contributed by atoms with Crippen LogP contribution in [0.1, 0.15) is 20.8 Å². The number of carboxylic acid groups (broad SMARTS) is 1. The second-order valence-corrected chi connectivity index (χ2v) is 3.19. The van der Waals surface area contributed by atoms with E-state index in [0.717, 1.165) is 6.08 Å². The van der Waals surface area contributed by atoms with E-state index in [9.17, 15) is 4.79 Å². The summed E-state index contributed by atoms with van der Waals surface area (Å²) < 4.78 is 0. The summed E-state index contributed by atoms with van der Waals surface area (Å²) in [4.78, 5) is 9.97. The van der Waals surface area contributed by atoms with Crippen LogP contribution in [0.5, 0.6) is 0 Å². The first-order valence-corrected chi connectivity index (χ1v) is 3.34. The Morgan fingerprint density at radius 3 is 2.36 bits per heavy atom. The Balaban J connectivity index is 4.02. The average molecular weight is 152 g/mol. The van der Waals surface area contributed by atoms with E-state index in [0.29, 0.717) is 0 Å². The first-order chi connectivity index (χ1) is 4.92. The lowest BCUT2D eigenvalue weighted by Gasteiger charge is -2.05. The van der Waals surface area contributed by atoms with Crippen LogP contribution in [0.25, 0.3) is 0 Å². The van der Waals surface area contributed by atoms with Crippen LogP contribution in [-0.2, 0) is 4.79 Å². The SMILES string of the molecule is CC(C)(C)C#CC=CC(=O)O. The van der Waals surface area contributed by atoms with Gasteiger partial charge in [0.05, 0.1) is 0 Å². The predicted octanol–water partition coefficient (Wildman–Crippen LogP) is 1.68. The van der Waals surface area contributed by atoms with Crippen molar-refractivity contribution in [3.8, 4) is 11.8 Å². The molecule has 0 fully saturated rings. The minimum absolute atomic E-state index is 0.0666. The van der Waals surface area contributed by atoms with Gasteiger partial charge < -0.3 is 5.11 Å². The van der Waals surface area contributed by atoms with Crippen molar-refractivity contribution in [3.63, 3.8) is 0 Å². The molecule has 2 heteroatoms. The number of hydrogen-bond donors (Lipinski definition) is 1. The highest BCUT2D eigenvalue weighted by Crippen LogP contribution is 2.09. The molecule has 0 aliphatic heterocycles. The maximum atomic E-state index is 9.97. The Bertz CT molecular complexity index is 220. The number of rotatable bonds is 1. The van der Waals surface area contributed by atoms with E-state index in [-0.39, 0.29) is 5.41 Å². The summed E-state index contributed by atoms with van der Waals surface area (Å²) >= 11 is 0.